The van der Waals surface area contributed by atoms with Gasteiger partial charge < -0.3 is 19.5 Å². The van der Waals surface area contributed by atoms with Crippen LogP contribution in [-0.4, -0.2) is 57.0 Å². The second kappa shape index (κ2) is 11.9. The molecule has 3 aliphatic rings. The molecule has 3 aromatic carbocycles. The van der Waals surface area contributed by atoms with E-state index >= 15 is 4.39 Å². The van der Waals surface area contributed by atoms with Crippen LogP contribution >= 0.6 is 0 Å². The van der Waals surface area contributed by atoms with Crippen molar-refractivity contribution >= 4 is 23.4 Å². The minimum absolute atomic E-state index is 0.254. The lowest BCUT2D eigenvalue weighted by Gasteiger charge is -2.32. The van der Waals surface area contributed by atoms with E-state index in [2.05, 4.69) is 10.3 Å². The average Bonchev–Trinajstić information content (AvgIpc) is 3.83. The number of cyclic esters (lactones) is 1. The third-order valence-electron chi connectivity index (χ3n) is 9.79. The maximum absolute atomic E-state index is 16.2. The van der Waals surface area contributed by atoms with Gasteiger partial charge in [0.1, 0.15) is 24.1 Å². The lowest BCUT2D eigenvalue weighted by Crippen LogP contribution is -2.45. The van der Waals surface area contributed by atoms with E-state index in [0.29, 0.717) is 54.3 Å². The van der Waals surface area contributed by atoms with Gasteiger partial charge in [0.25, 0.3) is 5.91 Å². The van der Waals surface area contributed by atoms with Crippen molar-refractivity contribution in [1.82, 2.24) is 15.0 Å². The van der Waals surface area contributed by atoms with Crippen LogP contribution in [0.3, 0.4) is 0 Å². The number of aromatic nitrogens is 3. The summed E-state index contributed by atoms with van der Waals surface area (Å²) in [7, 11) is 0. The number of anilines is 2. The minimum atomic E-state index is -1.69. The van der Waals surface area contributed by atoms with Crippen molar-refractivity contribution in [2.75, 3.05) is 23.0 Å². The number of aryl methyl sites for hydroxylation is 1. The molecule has 244 valence electrons. The van der Waals surface area contributed by atoms with Gasteiger partial charge in [-0.05, 0) is 49.6 Å². The van der Waals surface area contributed by atoms with E-state index in [1.54, 1.807) is 15.8 Å². The highest BCUT2D eigenvalue weighted by Gasteiger charge is 2.66. The molecule has 7 rings (SSSR count). The number of aliphatic hydroxyl groups is 1. The van der Waals surface area contributed by atoms with Crippen molar-refractivity contribution in [1.29, 1.82) is 0 Å². The summed E-state index contributed by atoms with van der Waals surface area (Å²) in [6.45, 7) is 6.28. The molecule has 2 amide bonds. The summed E-state index contributed by atoms with van der Waals surface area (Å²) in [5.41, 5.74) is 0.785. The number of alkyl halides is 1. The van der Waals surface area contributed by atoms with Crippen LogP contribution in [0.2, 0.25) is 0 Å². The Morgan fingerprint density at radius 1 is 1.06 bits per heavy atom. The van der Waals surface area contributed by atoms with Gasteiger partial charge in [0.05, 0.1) is 31.1 Å². The van der Waals surface area contributed by atoms with Crippen LogP contribution in [0, 0.1) is 11.8 Å². The molecule has 0 radical (unpaired) electrons. The number of fused-ring (bicyclic) bond motifs is 2. The Labute approximate surface area is 272 Å². The molecule has 10 nitrogen and oxygen atoms in total. The van der Waals surface area contributed by atoms with Gasteiger partial charge in [0, 0.05) is 29.6 Å². The van der Waals surface area contributed by atoms with Crippen molar-refractivity contribution in [3.8, 4) is 0 Å². The van der Waals surface area contributed by atoms with E-state index in [1.807, 2.05) is 85.8 Å². The van der Waals surface area contributed by atoms with E-state index < -0.39 is 41.4 Å². The standard InChI is InChI=1S/C36H38FN5O5/c1-23-31(35(2,3)37)30(16-17-40-22-28(38-39-40)32(43)25-12-8-5-9-13-25)47-36(23)27-20-26(41-18-19-46-34(41)45)14-15-29(27)42(33(36)44)21-24-10-6-4-7-11-24/h4-15,20,22-23,30-32,43H,16-19,21H2,1-3H3/t23-,30+,31-,32-,36+/m1/s1. The molecule has 47 heavy (non-hydrogen) atoms. The fourth-order valence-electron chi connectivity index (χ4n) is 7.64. The van der Waals surface area contributed by atoms with Crippen molar-refractivity contribution in [3.05, 3.63) is 107 Å². The summed E-state index contributed by atoms with van der Waals surface area (Å²) in [5.74, 6) is -1.45. The molecule has 0 saturated carbocycles. The maximum atomic E-state index is 16.2. The average molecular weight is 640 g/mol. The van der Waals surface area contributed by atoms with E-state index in [-0.39, 0.29) is 12.5 Å². The van der Waals surface area contributed by atoms with Gasteiger partial charge in [-0.1, -0.05) is 72.8 Å². The van der Waals surface area contributed by atoms with Crippen LogP contribution in [0.1, 0.15) is 55.7 Å². The SMILES string of the molecule is C[C@@H]1[C@@H](C(C)(C)F)[C@H](CCn2cc([C@H](O)c3ccccc3)nn2)O[C@@]12C(=O)N(Cc1ccccc1)c1ccc(N3CCOC3=O)cc12. The largest absolute Gasteiger partial charge is 0.447 e. The fourth-order valence-corrected chi connectivity index (χ4v) is 7.64. The van der Waals surface area contributed by atoms with Gasteiger partial charge in [-0.25, -0.2) is 9.18 Å². The number of benzene rings is 3. The molecule has 0 bridgehead atoms. The number of nitrogens with zero attached hydrogens (tertiary/aromatic N) is 5. The minimum Gasteiger partial charge on any atom is -0.447 e. The van der Waals surface area contributed by atoms with Crippen LogP contribution in [-0.2, 0) is 33.0 Å². The highest BCUT2D eigenvalue weighted by atomic mass is 19.1. The monoisotopic (exact) mass is 639 g/mol. The molecule has 3 aliphatic heterocycles. The second-order valence-electron chi connectivity index (χ2n) is 13.1. The van der Waals surface area contributed by atoms with Gasteiger partial charge in [-0.15, -0.1) is 5.10 Å². The Kier molecular flexibility index (Phi) is 7.84. The number of hydrogen-bond donors (Lipinski definition) is 1. The fraction of sp³-hybridized carbons (Fsp3) is 0.389. The van der Waals surface area contributed by atoms with Crippen molar-refractivity contribution in [3.63, 3.8) is 0 Å². The quantitative estimate of drug-likeness (QED) is 0.256. The van der Waals surface area contributed by atoms with E-state index in [1.165, 1.54) is 18.7 Å². The summed E-state index contributed by atoms with van der Waals surface area (Å²) in [5, 5.41) is 19.2. The number of carbonyl (C=O) groups excluding carboxylic acids is 2. The Balaban J connectivity index is 1.22. The summed E-state index contributed by atoms with van der Waals surface area (Å²) in [4.78, 5) is 30.5. The van der Waals surface area contributed by atoms with Crippen molar-refractivity contribution in [2.45, 2.75) is 63.8 Å². The highest BCUT2D eigenvalue weighted by Crippen LogP contribution is 2.59. The molecule has 4 heterocycles. The van der Waals surface area contributed by atoms with Gasteiger partial charge >= 0.3 is 6.09 Å². The summed E-state index contributed by atoms with van der Waals surface area (Å²) in [6, 6.07) is 24.4. The topological polar surface area (TPSA) is 110 Å². The van der Waals surface area contributed by atoms with E-state index in [9.17, 15) is 14.7 Å². The van der Waals surface area contributed by atoms with Crippen LogP contribution in [0.25, 0.3) is 0 Å². The molecule has 0 aliphatic carbocycles. The van der Waals surface area contributed by atoms with Gasteiger partial charge in [0.2, 0.25) is 0 Å². The first-order valence-corrected chi connectivity index (χ1v) is 16.0. The molecular weight excluding hydrogens is 601 g/mol. The summed E-state index contributed by atoms with van der Waals surface area (Å²) in [6.07, 6.45) is 0.00764. The molecule has 5 atom stereocenters. The first kappa shape index (κ1) is 31.0. The van der Waals surface area contributed by atoms with E-state index in [0.717, 1.165) is 5.56 Å². The van der Waals surface area contributed by atoms with Crippen LogP contribution in [0.15, 0.2) is 85.1 Å². The number of ether oxygens (including phenoxy) is 2. The Hall–Kier alpha value is -4.61. The zero-order valence-electron chi connectivity index (χ0n) is 26.6. The van der Waals surface area contributed by atoms with Gasteiger partial charge in [-0.3, -0.25) is 14.4 Å². The molecule has 1 aromatic heterocycles. The van der Waals surface area contributed by atoms with E-state index in [4.69, 9.17) is 9.47 Å². The molecule has 0 unspecified atom stereocenters. The molecular formula is C36H38FN5O5. The zero-order chi connectivity index (χ0) is 32.9. The third kappa shape index (κ3) is 5.37. The van der Waals surface area contributed by atoms with Crippen LogP contribution in [0.4, 0.5) is 20.6 Å². The Morgan fingerprint density at radius 2 is 1.79 bits per heavy atom. The number of rotatable bonds is 9. The molecule has 1 spiro atoms. The van der Waals surface area contributed by atoms with Crippen LogP contribution < -0.4 is 9.80 Å². The third-order valence-corrected chi connectivity index (χ3v) is 9.79. The smallest absolute Gasteiger partial charge is 0.414 e. The van der Waals surface area contributed by atoms with Gasteiger partial charge in [0.15, 0.2) is 5.60 Å². The zero-order valence-corrected chi connectivity index (χ0v) is 26.6. The predicted molar refractivity (Wildman–Crippen MR) is 172 cm³/mol. The Bertz CT molecular complexity index is 1780. The number of halogens is 1. The molecule has 4 aromatic rings. The summed E-state index contributed by atoms with van der Waals surface area (Å²) >= 11 is 0. The number of hydrogen-bond acceptors (Lipinski definition) is 7. The molecule has 2 saturated heterocycles. The predicted octanol–water partition coefficient (Wildman–Crippen LogP) is 5.55. The number of amides is 2. The van der Waals surface area contributed by atoms with Crippen molar-refractivity contribution in [2.24, 2.45) is 11.8 Å². The highest BCUT2D eigenvalue weighted by molar-refractivity contribution is 6.08. The normalized spacial score (nSPS) is 24.7. The summed E-state index contributed by atoms with van der Waals surface area (Å²) < 4.78 is 29.9. The lowest BCUT2D eigenvalue weighted by molar-refractivity contribution is -0.146. The molecule has 2 fully saturated rings. The molecule has 1 N–H and O–H groups in total. The first-order valence-electron chi connectivity index (χ1n) is 16.0. The Morgan fingerprint density at radius 3 is 2.47 bits per heavy atom. The number of aliphatic hydroxyl groups excluding tert-OH is 1. The first-order chi connectivity index (χ1) is 22.6. The van der Waals surface area contributed by atoms with Crippen molar-refractivity contribution < 1.29 is 28.6 Å². The molecule has 11 heteroatoms. The number of carbonyl (C=O) groups is 2. The van der Waals surface area contributed by atoms with Gasteiger partial charge in [-0.2, -0.15) is 0 Å². The lowest BCUT2D eigenvalue weighted by atomic mass is 9.71. The second-order valence-corrected chi connectivity index (χ2v) is 13.1. The van der Waals surface area contributed by atoms with Crippen LogP contribution in [0.5, 0.6) is 0 Å². The maximum Gasteiger partial charge on any atom is 0.414 e.